The van der Waals surface area contributed by atoms with Gasteiger partial charge in [0.2, 0.25) is 0 Å². The Morgan fingerprint density at radius 2 is 2.33 bits per heavy atom. The van der Waals surface area contributed by atoms with Crippen LogP contribution in [0.4, 0.5) is 0 Å². The molecule has 3 N–H and O–H groups in total. The second kappa shape index (κ2) is 6.84. The summed E-state index contributed by atoms with van der Waals surface area (Å²) in [5.41, 5.74) is 5.90. The number of nitrogens with two attached hydrogens (primary N) is 1. The summed E-state index contributed by atoms with van der Waals surface area (Å²) in [5.74, 6) is -0.151. The number of carbonyl (C=O) groups excluding carboxylic acids is 1. The molecule has 7 heteroatoms. The second-order valence-electron chi connectivity index (χ2n) is 3.54. The molecule has 0 spiro atoms. The average Bonchev–Trinajstić information content (AvgIpc) is 3.00. The van der Waals surface area contributed by atoms with Crippen molar-refractivity contribution in [1.82, 2.24) is 10.3 Å². The molecule has 1 amide bonds. The van der Waals surface area contributed by atoms with Crippen LogP contribution in [0.2, 0.25) is 0 Å². The molecule has 0 aliphatic heterocycles. The van der Waals surface area contributed by atoms with E-state index in [0.29, 0.717) is 12.2 Å². The predicted octanol–water partition coefficient (Wildman–Crippen LogP) is 2.58. The highest BCUT2D eigenvalue weighted by atomic mass is 35.5. The second-order valence-corrected chi connectivity index (χ2v) is 5.46. The van der Waals surface area contributed by atoms with Gasteiger partial charge in [0.15, 0.2) is 0 Å². The smallest absolute Gasteiger partial charge is 0.271 e. The zero-order valence-corrected chi connectivity index (χ0v) is 12.2. The lowest BCUT2D eigenvalue weighted by molar-refractivity contribution is 0.0936. The first-order chi connectivity index (χ1) is 8.20. The van der Waals surface area contributed by atoms with E-state index < -0.39 is 0 Å². The first kappa shape index (κ1) is 15.1. The van der Waals surface area contributed by atoms with Crippen LogP contribution >= 0.6 is 35.1 Å². The van der Waals surface area contributed by atoms with Gasteiger partial charge in [-0.15, -0.1) is 35.1 Å². The molecule has 2 rings (SSSR count). The first-order valence-corrected chi connectivity index (χ1v) is 6.95. The number of nitrogens with one attached hydrogen (secondary N) is 1. The fraction of sp³-hybridized carbons (Fsp3) is 0.273. The maximum absolute atomic E-state index is 11.9. The van der Waals surface area contributed by atoms with Crippen LogP contribution in [0.5, 0.6) is 0 Å². The third-order valence-electron chi connectivity index (χ3n) is 2.28. The molecule has 0 aromatic carbocycles. The van der Waals surface area contributed by atoms with E-state index in [9.17, 15) is 4.79 Å². The van der Waals surface area contributed by atoms with Crippen LogP contribution in [0.3, 0.4) is 0 Å². The minimum atomic E-state index is -0.151. The van der Waals surface area contributed by atoms with Crippen molar-refractivity contribution in [3.8, 4) is 0 Å². The van der Waals surface area contributed by atoms with Crippen molar-refractivity contribution in [2.75, 3.05) is 0 Å². The van der Waals surface area contributed by atoms with E-state index in [1.807, 2.05) is 24.4 Å². The largest absolute Gasteiger partial charge is 0.343 e. The SMILES string of the molecule is CC(NC(=O)c1csc(CN)n1)c1cccs1.Cl. The van der Waals surface area contributed by atoms with Crippen LogP contribution in [-0.2, 0) is 6.54 Å². The van der Waals surface area contributed by atoms with E-state index in [-0.39, 0.29) is 24.4 Å². The Bertz CT molecular complexity index is 498. The number of amides is 1. The molecule has 98 valence electrons. The molecule has 2 heterocycles. The number of carbonyl (C=O) groups is 1. The van der Waals surface area contributed by atoms with Gasteiger partial charge in [0.25, 0.3) is 5.91 Å². The van der Waals surface area contributed by atoms with Gasteiger partial charge in [0.1, 0.15) is 10.7 Å². The number of aromatic nitrogens is 1. The summed E-state index contributed by atoms with van der Waals surface area (Å²) in [6, 6.07) is 3.98. The van der Waals surface area contributed by atoms with E-state index in [2.05, 4.69) is 10.3 Å². The molecule has 0 bridgehead atoms. The van der Waals surface area contributed by atoms with E-state index in [0.717, 1.165) is 9.88 Å². The van der Waals surface area contributed by atoms with Crippen LogP contribution < -0.4 is 11.1 Å². The Morgan fingerprint density at radius 3 is 2.89 bits per heavy atom. The van der Waals surface area contributed by atoms with Gasteiger partial charge in [-0.1, -0.05) is 6.07 Å². The molecule has 0 saturated carbocycles. The molecular weight excluding hydrogens is 290 g/mol. The van der Waals surface area contributed by atoms with Crippen LogP contribution in [0.15, 0.2) is 22.9 Å². The van der Waals surface area contributed by atoms with Crippen LogP contribution in [0.25, 0.3) is 0 Å². The quantitative estimate of drug-likeness (QED) is 0.912. The summed E-state index contributed by atoms with van der Waals surface area (Å²) in [6.07, 6.45) is 0. The number of thiazole rings is 1. The van der Waals surface area contributed by atoms with Crippen molar-refractivity contribution in [2.45, 2.75) is 19.5 Å². The number of hydrogen-bond acceptors (Lipinski definition) is 5. The molecule has 1 unspecified atom stereocenters. The standard InChI is InChI=1S/C11H13N3OS2.ClH/c1-7(9-3-2-4-16-9)13-11(15)8-6-17-10(5-12)14-8;/h2-4,6-7H,5,12H2,1H3,(H,13,15);1H. The lowest BCUT2D eigenvalue weighted by atomic mass is 10.2. The molecule has 4 nitrogen and oxygen atoms in total. The third-order valence-corrected chi connectivity index (χ3v) is 4.20. The predicted molar refractivity (Wildman–Crippen MR) is 77.5 cm³/mol. The highest BCUT2D eigenvalue weighted by molar-refractivity contribution is 7.10. The van der Waals surface area contributed by atoms with Gasteiger partial charge >= 0.3 is 0 Å². The summed E-state index contributed by atoms with van der Waals surface area (Å²) in [6.45, 7) is 2.33. The van der Waals surface area contributed by atoms with Crippen molar-refractivity contribution >= 4 is 41.0 Å². The Kier molecular flexibility index (Phi) is 5.74. The normalized spacial score (nSPS) is 11.7. The zero-order valence-electron chi connectivity index (χ0n) is 9.75. The molecule has 2 aromatic heterocycles. The maximum atomic E-state index is 11.9. The van der Waals surface area contributed by atoms with Gasteiger partial charge in [0, 0.05) is 16.8 Å². The molecule has 0 radical (unpaired) electrons. The fourth-order valence-electron chi connectivity index (χ4n) is 1.39. The Balaban J connectivity index is 0.00000162. The van der Waals surface area contributed by atoms with Crippen molar-refractivity contribution in [2.24, 2.45) is 5.73 Å². The van der Waals surface area contributed by atoms with Crippen molar-refractivity contribution < 1.29 is 4.79 Å². The highest BCUT2D eigenvalue weighted by Gasteiger charge is 2.14. The van der Waals surface area contributed by atoms with Gasteiger partial charge < -0.3 is 11.1 Å². The highest BCUT2D eigenvalue weighted by Crippen LogP contribution is 2.19. The number of rotatable bonds is 4. The monoisotopic (exact) mass is 303 g/mol. The third kappa shape index (κ3) is 3.52. The first-order valence-electron chi connectivity index (χ1n) is 5.19. The summed E-state index contributed by atoms with van der Waals surface area (Å²) in [5, 5.41) is 7.42. The van der Waals surface area contributed by atoms with Gasteiger partial charge in [-0.3, -0.25) is 4.79 Å². The molecular formula is C11H14ClN3OS2. The van der Waals surface area contributed by atoms with Crippen molar-refractivity contribution in [3.63, 3.8) is 0 Å². The summed E-state index contributed by atoms with van der Waals surface area (Å²) >= 11 is 3.03. The van der Waals surface area contributed by atoms with Gasteiger partial charge in [0.05, 0.1) is 6.04 Å². The number of nitrogens with zero attached hydrogens (tertiary/aromatic N) is 1. The molecule has 18 heavy (non-hydrogen) atoms. The molecule has 0 saturated heterocycles. The molecule has 2 aromatic rings. The lowest BCUT2D eigenvalue weighted by Gasteiger charge is -2.10. The zero-order chi connectivity index (χ0) is 12.3. The minimum Gasteiger partial charge on any atom is -0.343 e. The van der Waals surface area contributed by atoms with Crippen LogP contribution in [0.1, 0.15) is 33.3 Å². The van der Waals surface area contributed by atoms with Crippen molar-refractivity contribution in [1.29, 1.82) is 0 Å². The van der Waals surface area contributed by atoms with Gasteiger partial charge in [-0.2, -0.15) is 0 Å². The molecule has 0 fully saturated rings. The Morgan fingerprint density at radius 1 is 1.56 bits per heavy atom. The number of halogens is 1. The van der Waals surface area contributed by atoms with Crippen LogP contribution in [-0.4, -0.2) is 10.9 Å². The van der Waals surface area contributed by atoms with E-state index in [1.54, 1.807) is 16.7 Å². The Hall–Kier alpha value is -0.950. The maximum Gasteiger partial charge on any atom is 0.271 e. The fourth-order valence-corrected chi connectivity index (χ4v) is 2.78. The van der Waals surface area contributed by atoms with Crippen LogP contribution in [0, 0.1) is 0 Å². The molecule has 0 aliphatic rings. The van der Waals surface area contributed by atoms with Crippen molar-refractivity contribution in [3.05, 3.63) is 38.5 Å². The summed E-state index contributed by atoms with van der Waals surface area (Å²) < 4.78 is 0. The van der Waals surface area contributed by atoms with Gasteiger partial charge in [-0.25, -0.2) is 4.98 Å². The summed E-state index contributed by atoms with van der Waals surface area (Å²) in [4.78, 5) is 17.2. The van der Waals surface area contributed by atoms with E-state index >= 15 is 0 Å². The van der Waals surface area contributed by atoms with E-state index in [4.69, 9.17) is 5.73 Å². The molecule has 0 aliphatic carbocycles. The number of thiophene rings is 1. The van der Waals surface area contributed by atoms with E-state index in [1.165, 1.54) is 11.3 Å². The van der Waals surface area contributed by atoms with Gasteiger partial charge in [-0.05, 0) is 18.4 Å². The number of hydrogen-bond donors (Lipinski definition) is 2. The Labute approximate surface area is 120 Å². The lowest BCUT2D eigenvalue weighted by Crippen LogP contribution is -2.26. The minimum absolute atomic E-state index is 0. The summed E-state index contributed by atoms with van der Waals surface area (Å²) in [7, 11) is 0. The topological polar surface area (TPSA) is 68.0 Å². The average molecular weight is 304 g/mol. The molecule has 1 atom stereocenters.